The summed E-state index contributed by atoms with van der Waals surface area (Å²) in [6, 6.07) is 24.4. The van der Waals surface area contributed by atoms with Crippen LogP contribution in [0.4, 0.5) is 0 Å². The van der Waals surface area contributed by atoms with Crippen molar-refractivity contribution in [2.24, 2.45) is 5.92 Å². The largest absolute Gasteiger partial charge is 0.497 e. The van der Waals surface area contributed by atoms with E-state index in [1.807, 2.05) is 24.3 Å². The third kappa shape index (κ3) is 7.03. The number of nitrogens with zero attached hydrogens (tertiary/aromatic N) is 3. The van der Waals surface area contributed by atoms with Crippen molar-refractivity contribution in [1.29, 1.82) is 0 Å². The Morgan fingerprint density at radius 3 is 2.29 bits per heavy atom. The van der Waals surface area contributed by atoms with Gasteiger partial charge in [0.25, 0.3) is 5.91 Å². The SMILES string of the molecule is COc1ccc(C(=O)N(CCN2CCCC2)CC2CN(Cc3ccccc3)CC2c2ccccc2OC)c(OC)c1. The molecule has 5 rings (SSSR count). The summed E-state index contributed by atoms with van der Waals surface area (Å²) < 4.78 is 16.9. The van der Waals surface area contributed by atoms with Gasteiger partial charge in [-0.2, -0.15) is 0 Å². The fourth-order valence-corrected chi connectivity index (χ4v) is 6.41. The van der Waals surface area contributed by atoms with Crippen molar-refractivity contribution in [3.8, 4) is 17.2 Å². The zero-order valence-electron chi connectivity index (χ0n) is 24.6. The maximum atomic E-state index is 14.2. The van der Waals surface area contributed by atoms with E-state index >= 15 is 0 Å². The smallest absolute Gasteiger partial charge is 0.257 e. The van der Waals surface area contributed by atoms with Crippen molar-refractivity contribution < 1.29 is 19.0 Å². The van der Waals surface area contributed by atoms with Crippen LogP contribution in [0.3, 0.4) is 0 Å². The Labute approximate surface area is 244 Å². The molecule has 0 radical (unpaired) electrons. The lowest BCUT2D eigenvalue weighted by atomic mass is 9.87. The molecular formula is C34H43N3O4. The molecule has 41 heavy (non-hydrogen) atoms. The van der Waals surface area contributed by atoms with Crippen LogP contribution in [0.5, 0.6) is 17.2 Å². The van der Waals surface area contributed by atoms with Gasteiger partial charge in [0.05, 0.1) is 26.9 Å². The molecule has 3 aromatic rings. The third-order valence-corrected chi connectivity index (χ3v) is 8.57. The topological polar surface area (TPSA) is 54.5 Å². The quantitative estimate of drug-likeness (QED) is 0.307. The molecule has 3 aromatic carbocycles. The number of carbonyl (C=O) groups excluding carboxylic acids is 1. The summed E-state index contributed by atoms with van der Waals surface area (Å²) in [6.07, 6.45) is 2.46. The van der Waals surface area contributed by atoms with E-state index in [-0.39, 0.29) is 17.7 Å². The van der Waals surface area contributed by atoms with E-state index in [0.717, 1.165) is 45.0 Å². The van der Waals surface area contributed by atoms with Crippen LogP contribution in [0.2, 0.25) is 0 Å². The molecule has 0 spiro atoms. The number of benzene rings is 3. The molecule has 2 unspecified atom stereocenters. The van der Waals surface area contributed by atoms with Crippen molar-refractivity contribution in [2.45, 2.75) is 25.3 Å². The summed E-state index contributed by atoms with van der Waals surface area (Å²) in [6.45, 7) is 7.14. The van der Waals surface area contributed by atoms with Crippen LogP contribution >= 0.6 is 0 Å². The van der Waals surface area contributed by atoms with Crippen LogP contribution in [0, 0.1) is 5.92 Å². The summed E-state index contributed by atoms with van der Waals surface area (Å²) in [5.41, 5.74) is 3.09. The van der Waals surface area contributed by atoms with Gasteiger partial charge in [-0.1, -0.05) is 48.5 Å². The van der Waals surface area contributed by atoms with E-state index < -0.39 is 0 Å². The predicted octanol–water partition coefficient (Wildman–Crippen LogP) is 5.17. The number of likely N-dealkylation sites (tertiary alicyclic amines) is 2. The molecule has 0 N–H and O–H groups in total. The summed E-state index contributed by atoms with van der Waals surface area (Å²) in [5.74, 6) is 2.63. The van der Waals surface area contributed by atoms with Crippen LogP contribution < -0.4 is 14.2 Å². The van der Waals surface area contributed by atoms with E-state index in [0.29, 0.717) is 30.2 Å². The van der Waals surface area contributed by atoms with Gasteiger partial charge in [-0.3, -0.25) is 9.69 Å². The molecule has 0 aliphatic carbocycles. The lowest BCUT2D eigenvalue weighted by Crippen LogP contribution is -2.42. The highest BCUT2D eigenvalue weighted by molar-refractivity contribution is 5.97. The first-order valence-electron chi connectivity index (χ1n) is 14.7. The Hall–Kier alpha value is -3.55. The molecule has 0 bridgehead atoms. The fraction of sp³-hybridized carbons (Fsp3) is 0.441. The molecule has 7 heteroatoms. The van der Waals surface area contributed by atoms with Gasteiger partial charge in [0, 0.05) is 51.3 Å². The van der Waals surface area contributed by atoms with Gasteiger partial charge in [-0.25, -0.2) is 0 Å². The van der Waals surface area contributed by atoms with E-state index in [1.54, 1.807) is 27.4 Å². The Morgan fingerprint density at radius 1 is 0.829 bits per heavy atom. The molecule has 2 fully saturated rings. The molecule has 0 saturated carbocycles. The minimum Gasteiger partial charge on any atom is -0.497 e. The predicted molar refractivity (Wildman–Crippen MR) is 162 cm³/mol. The van der Waals surface area contributed by atoms with Crippen LogP contribution in [-0.2, 0) is 6.54 Å². The molecular weight excluding hydrogens is 514 g/mol. The third-order valence-electron chi connectivity index (χ3n) is 8.57. The van der Waals surface area contributed by atoms with Crippen molar-refractivity contribution in [3.05, 3.63) is 89.5 Å². The van der Waals surface area contributed by atoms with Gasteiger partial charge < -0.3 is 24.0 Å². The lowest BCUT2D eigenvalue weighted by molar-refractivity contribution is 0.0704. The van der Waals surface area contributed by atoms with Crippen LogP contribution in [0.25, 0.3) is 0 Å². The molecule has 218 valence electrons. The minimum absolute atomic E-state index is 0.00369. The van der Waals surface area contributed by atoms with Gasteiger partial charge in [-0.15, -0.1) is 0 Å². The lowest BCUT2D eigenvalue weighted by Gasteiger charge is -2.31. The Balaban J connectivity index is 1.43. The van der Waals surface area contributed by atoms with Crippen molar-refractivity contribution >= 4 is 5.91 Å². The van der Waals surface area contributed by atoms with Gasteiger partial charge >= 0.3 is 0 Å². The number of hydrogen-bond acceptors (Lipinski definition) is 6. The van der Waals surface area contributed by atoms with Crippen LogP contribution in [-0.4, -0.2) is 87.7 Å². The number of para-hydroxylation sites is 1. The standard InChI is InChI=1S/C34H43N3O4/c1-39-28-15-16-30(33(21-28)41-3)34(38)37(20-19-35-17-9-10-18-35)24-27-23-36(22-26-11-5-4-6-12-26)25-31(27)29-13-7-8-14-32(29)40-2/h4-8,11-16,21,27,31H,9-10,17-20,22-25H2,1-3H3. The number of carbonyl (C=O) groups is 1. The molecule has 2 atom stereocenters. The normalized spacial score (nSPS) is 19.3. The average molecular weight is 558 g/mol. The Bertz CT molecular complexity index is 1280. The number of amides is 1. The molecule has 2 aliphatic rings. The highest BCUT2D eigenvalue weighted by atomic mass is 16.5. The second-order valence-electron chi connectivity index (χ2n) is 11.2. The van der Waals surface area contributed by atoms with Crippen molar-refractivity contribution in [3.63, 3.8) is 0 Å². The highest BCUT2D eigenvalue weighted by Gasteiger charge is 2.37. The second kappa shape index (κ2) is 13.9. The summed E-state index contributed by atoms with van der Waals surface area (Å²) in [4.78, 5) is 21.3. The molecule has 2 saturated heterocycles. The molecule has 2 aliphatic heterocycles. The van der Waals surface area contributed by atoms with E-state index in [1.165, 1.54) is 24.0 Å². The van der Waals surface area contributed by atoms with Crippen LogP contribution in [0.15, 0.2) is 72.8 Å². The second-order valence-corrected chi connectivity index (χ2v) is 11.2. The van der Waals surface area contributed by atoms with Gasteiger partial charge in [0.1, 0.15) is 17.2 Å². The van der Waals surface area contributed by atoms with Gasteiger partial charge in [0.2, 0.25) is 0 Å². The van der Waals surface area contributed by atoms with E-state index in [2.05, 4.69) is 57.2 Å². The molecule has 0 aromatic heterocycles. The number of rotatable bonds is 12. The monoisotopic (exact) mass is 557 g/mol. The van der Waals surface area contributed by atoms with E-state index in [4.69, 9.17) is 14.2 Å². The Kier molecular flexibility index (Phi) is 9.80. The molecule has 7 nitrogen and oxygen atoms in total. The Morgan fingerprint density at radius 2 is 1.56 bits per heavy atom. The fourth-order valence-electron chi connectivity index (χ4n) is 6.41. The number of hydrogen-bond donors (Lipinski definition) is 0. The zero-order valence-corrected chi connectivity index (χ0v) is 24.6. The number of ether oxygens (including phenoxy) is 3. The summed E-state index contributed by atoms with van der Waals surface area (Å²) >= 11 is 0. The van der Waals surface area contributed by atoms with Crippen LogP contribution in [0.1, 0.15) is 40.2 Å². The summed E-state index contributed by atoms with van der Waals surface area (Å²) in [7, 11) is 4.97. The zero-order chi connectivity index (χ0) is 28.6. The van der Waals surface area contributed by atoms with E-state index in [9.17, 15) is 4.79 Å². The maximum absolute atomic E-state index is 14.2. The highest BCUT2D eigenvalue weighted by Crippen LogP contribution is 2.39. The van der Waals surface area contributed by atoms with Crippen molar-refractivity contribution in [1.82, 2.24) is 14.7 Å². The molecule has 2 heterocycles. The average Bonchev–Trinajstić information content (AvgIpc) is 3.69. The first-order chi connectivity index (χ1) is 20.1. The first kappa shape index (κ1) is 29.0. The van der Waals surface area contributed by atoms with Gasteiger partial charge in [0.15, 0.2) is 0 Å². The summed E-state index contributed by atoms with van der Waals surface area (Å²) in [5, 5.41) is 0. The maximum Gasteiger partial charge on any atom is 0.257 e. The van der Waals surface area contributed by atoms with Crippen molar-refractivity contribution in [2.75, 3.05) is 67.1 Å². The minimum atomic E-state index is 0.00369. The van der Waals surface area contributed by atoms with Gasteiger partial charge in [-0.05, 0) is 61.2 Å². The number of methoxy groups -OCH3 is 3. The molecule has 1 amide bonds. The first-order valence-corrected chi connectivity index (χ1v) is 14.7.